The Hall–Kier alpha value is -1.90. The fourth-order valence-electron chi connectivity index (χ4n) is 1.21. The van der Waals surface area contributed by atoms with Crippen molar-refractivity contribution in [1.82, 2.24) is 9.97 Å². The molecule has 14 heavy (non-hydrogen) atoms. The van der Waals surface area contributed by atoms with Crippen molar-refractivity contribution in [2.45, 2.75) is 6.92 Å². The van der Waals surface area contributed by atoms with E-state index in [4.69, 9.17) is 5.73 Å². The van der Waals surface area contributed by atoms with Crippen LogP contribution in [0.1, 0.15) is 5.56 Å². The lowest BCUT2D eigenvalue weighted by Crippen LogP contribution is -1.94. The van der Waals surface area contributed by atoms with Gasteiger partial charge in [-0.1, -0.05) is 29.8 Å². The summed E-state index contributed by atoms with van der Waals surface area (Å²) in [5, 5.41) is 0. The Bertz CT molecular complexity index is 435. The van der Waals surface area contributed by atoms with Crippen molar-refractivity contribution in [3.63, 3.8) is 0 Å². The fraction of sp³-hybridized carbons (Fsp3) is 0.0909. The summed E-state index contributed by atoms with van der Waals surface area (Å²) in [5.41, 5.74) is 7.78. The molecule has 0 aliphatic heterocycles. The molecule has 3 nitrogen and oxygen atoms in total. The third-order valence-corrected chi connectivity index (χ3v) is 1.99. The van der Waals surface area contributed by atoms with Crippen LogP contribution >= 0.6 is 0 Å². The van der Waals surface area contributed by atoms with Gasteiger partial charge in [0.2, 0.25) is 0 Å². The van der Waals surface area contributed by atoms with Gasteiger partial charge in [-0.15, -0.1) is 0 Å². The van der Waals surface area contributed by atoms with Crippen LogP contribution in [0, 0.1) is 6.92 Å². The van der Waals surface area contributed by atoms with Crippen LogP contribution in [-0.4, -0.2) is 9.97 Å². The highest BCUT2D eigenvalue weighted by atomic mass is 14.9. The van der Waals surface area contributed by atoms with Crippen molar-refractivity contribution in [3.05, 3.63) is 42.1 Å². The number of anilines is 1. The zero-order valence-electron chi connectivity index (χ0n) is 7.94. The Morgan fingerprint density at radius 1 is 1.07 bits per heavy atom. The number of hydrogen-bond donors (Lipinski definition) is 1. The molecular weight excluding hydrogens is 174 g/mol. The summed E-state index contributed by atoms with van der Waals surface area (Å²) in [6, 6.07) is 9.72. The van der Waals surface area contributed by atoms with Crippen LogP contribution in [0.3, 0.4) is 0 Å². The largest absolute Gasteiger partial charge is 0.384 e. The summed E-state index contributed by atoms with van der Waals surface area (Å²) >= 11 is 0. The summed E-state index contributed by atoms with van der Waals surface area (Å²) in [6.45, 7) is 2.05. The zero-order valence-corrected chi connectivity index (χ0v) is 7.94. The van der Waals surface area contributed by atoms with Crippen LogP contribution in [-0.2, 0) is 0 Å². The first kappa shape index (κ1) is 8.69. The SMILES string of the molecule is Cc1ccc(-c2nccc(N)n2)cc1. The van der Waals surface area contributed by atoms with Crippen LogP contribution < -0.4 is 5.73 Å². The van der Waals surface area contributed by atoms with E-state index in [9.17, 15) is 0 Å². The van der Waals surface area contributed by atoms with Crippen LogP contribution in [0.5, 0.6) is 0 Å². The van der Waals surface area contributed by atoms with Gasteiger partial charge in [0.1, 0.15) is 5.82 Å². The predicted molar refractivity (Wildman–Crippen MR) is 56.6 cm³/mol. The molecule has 1 heterocycles. The summed E-state index contributed by atoms with van der Waals surface area (Å²) in [5.74, 6) is 1.17. The Kier molecular flexibility index (Phi) is 2.14. The van der Waals surface area contributed by atoms with Gasteiger partial charge in [-0.2, -0.15) is 0 Å². The molecule has 0 bridgehead atoms. The maximum atomic E-state index is 5.57. The average Bonchev–Trinajstić information content (AvgIpc) is 2.19. The van der Waals surface area contributed by atoms with Gasteiger partial charge in [-0.05, 0) is 13.0 Å². The van der Waals surface area contributed by atoms with Crippen LogP contribution in [0.25, 0.3) is 11.4 Å². The van der Waals surface area contributed by atoms with Crippen molar-refractivity contribution in [3.8, 4) is 11.4 Å². The predicted octanol–water partition coefficient (Wildman–Crippen LogP) is 2.03. The van der Waals surface area contributed by atoms with Gasteiger partial charge in [-0.3, -0.25) is 0 Å². The molecule has 0 fully saturated rings. The van der Waals surface area contributed by atoms with E-state index >= 15 is 0 Å². The Balaban J connectivity index is 2.44. The van der Waals surface area contributed by atoms with E-state index in [1.165, 1.54) is 5.56 Å². The smallest absolute Gasteiger partial charge is 0.161 e. The van der Waals surface area contributed by atoms with E-state index in [-0.39, 0.29) is 0 Å². The maximum absolute atomic E-state index is 5.57. The Labute approximate surface area is 82.6 Å². The Morgan fingerprint density at radius 3 is 2.43 bits per heavy atom. The first-order valence-corrected chi connectivity index (χ1v) is 4.41. The van der Waals surface area contributed by atoms with E-state index in [0.717, 1.165) is 5.56 Å². The van der Waals surface area contributed by atoms with Crippen molar-refractivity contribution >= 4 is 5.82 Å². The first-order valence-electron chi connectivity index (χ1n) is 4.41. The third kappa shape index (κ3) is 1.71. The van der Waals surface area contributed by atoms with Crippen LogP contribution in [0.2, 0.25) is 0 Å². The third-order valence-electron chi connectivity index (χ3n) is 1.99. The Morgan fingerprint density at radius 2 is 1.79 bits per heavy atom. The number of aryl methyl sites for hydroxylation is 1. The van der Waals surface area contributed by atoms with Crippen LogP contribution in [0.15, 0.2) is 36.5 Å². The van der Waals surface area contributed by atoms with Crippen molar-refractivity contribution < 1.29 is 0 Å². The molecule has 70 valence electrons. The molecule has 0 aliphatic carbocycles. The van der Waals surface area contributed by atoms with Gasteiger partial charge in [0.15, 0.2) is 5.82 Å². The molecule has 0 saturated carbocycles. The first-order chi connectivity index (χ1) is 6.75. The quantitative estimate of drug-likeness (QED) is 0.739. The summed E-state index contributed by atoms with van der Waals surface area (Å²) < 4.78 is 0. The highest BCUT2D eigenvalue weighted by molar-refractivity contribution is 5.56. The number of nitrogen functional groups attached to an aromatic ring is 1. The molecule has 2 aromatic rings. The highest BCUT2D eigenvalue weighted by Gasteiger charge is 1.99. The lowest BCUT2D eigenvalue weighted by atomic mass is 10.1. The van der Waals surface area contributed by atoms with Gasteiger partial charge >= 0.3 is 0 Å². The average molecular weight is 185 g/mol. The van der Waals surface area contributed by atoms with Gasteiger partial charge in [-0.25, -0.2) is 9.97 Å². The number of benzene rings is 1. The second-order valence-corrected chi connectivity index (χ2v) is 3.17. The second kappa shape index (κ2) is 3.46. The van der Waals surface area contributed by atoms with E-state index in [0.29, 0.717) is 11.6 Å². The standard InChI is InChI=1S/C11H11N3/c1-8-2-4-9(5-3-8)11-13-7-6-10(12)14-11/h2-7H,1H3,(H2,12,13,14). The molecule has 1 aromatic heterocycles. The molecule has 1 aromatic carbocycles. The second-order valence-electron chi connectivity index (χ2n) is 3.17. The normalized spacial score (nSPS) is 10.1. The fourth-order valence-corrected chi connectivity index (χ4v) is 1.21. The minimum Gasteiger partial charge on any atom is -0.384 e. The minimum atomic E-state index is 0.496. The lowest BCUT2D eigenvalue weighted by Gasteiger charge is -2.00. The maximum Gasteiger partial charge on any atom is 0.161 e. The van der Waals surface area contributed by atoms with E-state index < -0.39 is 0 Å². The number of nitrogens with two attached hydrogens (primary N) is 1. The van der Waals surface area contributed by atoms with E-state index in [1.54, 1.807) is 12.3 Å². The molecule has 2 rings (SSSR count). The molecule has 0 amide bonds. The highest BCUT2D eigenvalue weighted by Crippen LogP contribution is 2.15. The van der Waals surface area contributed by atoms with Gasteiger partial charge in [0.05, 0.1) is 0 Å². The number of nitrogens with zero attached hydrogens (tertiary/aromatic N) is 2. The van der Waals surface area contributed by atoms with E-state index in [2.05, 4.69) is 9.97 Å². The molecular formula is C11H11N3. The van der Waals surface area contributed by atoms with Gasteiger partial charge in [0, 0.05) is 11.8 Å². The molecule has 0 unspecified atom stereocenters. The number of aromatic nitrogens is 2. The van der Waals surface area contributed by atoms with Crippen molar-refractivity contribution in [2.75, 3.05) is 5.73 Å². The summed E-state index contributed by atoms with van der Waals surface area (Å²) in [4.78, 5) is 8.29. The van der Waals surface area contributed by atoms with Crippen LogP contribution in [0.4, 0.5) is 5.82 Å². The number of hydrogen-bond acceptors (Lipinski definition) is 3. The van der Waals surface area contributed by atoms with E-state index in [1.807, 2.05) is 31.2 Å². The summed E-state index contributed by atoms with van der Waals surface area (Å²) in [6.07, 6.45) is 1.66. The minimum absolute atomic E-state index is 0.496. The molecule has 3 heteroatoms. The molecule has 0 spiro atoms. The lowest BCUT2D eigenvalue weighted by molar-refractivity contribution is 1.18. The zero-order chi connectivity index (χ0) is 9.97. The molecule has 0 atom stereocenters. The van der Waals surface area contributed by atoms with Crippen molar-refractivity contribution in [1.29, 1.82) is 0 Å². The number of rotatable bonds is 1. The molecule has 0 saturated heterocycles. The summed E-state index contributed by atoms with van der Waals surface area (Å²) in [7, 11) is 0. The molecule has 0 radical (unpaired) electrons. The topological polar surface area (TPSA) is 51.8 Å². The van der Waals surface area contributed by atoms with Gasteiger partial charge < -0.3 is 5.73 Å². The monoisotopic (exact) mass is 185 g/mol. The van der Waals surface area contributed by atoms with Crippen molar-refractivity contribution in [2.24, 2.45) is 0 Å². The molecule has 0 aliphatic rings. The molecule has 2 N–H and O–H groups in total. The van der Waals surface area contributed by atoms with Gasteiger partial charge in [0.25, 0.3) is 0 Å².